The number of aromatic nitrogens is 2. The lowest BCUT2D eigenvalue weighted by molar-refractivity contribution is 0.0625. The Labute approximate surface area is 169 Å². The molecule has 1 aliphatic heterocycles. The van der Waals surface area contributed by atoms with Gasteiger partial charge in [-0.15, -0.1) is 0 Å². The topological polar surface area (TPSA) is 70.3 Å². The number of amides is 1. The molecule has 0 unspecified atom stereocenters. The van der Waals surface area contributed by atoms with Crippen LogP contribution in [-0.2, 0) is 0 Å². The summed E-state index contributed by atoms with van der Waals surface area (Å²) in [6.07, 6.45) is 7.16. The molecule has 4 rings (SSSR count). The first-order chi connectivity index (χ1) is 14.2. The molecular weight excluding hydrogens is 366 g/mol. The summed E-state index contributed by atoms with van der Waals surface area (Å²) in [5.41, 5.74) is 2.95. The van der Waals surface area contributed by atoms with Crippen molar-refractivity contribution in [3.05, 3.63) is 71.7 Å². The highest BCUT2D eigenvalue weighted by atomic mass is 16.2. The fourth-order valence-corrected chi connectivity index (χ4v) is 3.59. The number of carbonyl (C=O) groups is 2. The smallest absolute Gasteiger partial charge is 0.257 e. The number of carbonyl (C=O) groups excluding carboxylic acids is 2. The third-order valence-electron chi connectivity index (χ3n) is 5.19. The first-order valence-electron chi connectivity index (χ1n) is 9.64. The average Bonchev–Trinajstić information content (AvgIpc) is 3.23. The molecule has 1 fully saturated rings. The summed E-state index contributed by atoms with van der Waals surface area (Å²) >= 11 is 0. The first kappa shape index (κ1) is 19.0. The van der Waals surface area contributed by atoms with E-state index in [4.69, 9.17) is 0 Å². The SMILES string of the molecule is C/N=C/c1ccc(C(=O)CN2CCN(C(=O)c3cccn4ccnc34)CC2)cc1. The number of rotatable bonds is 5. The average molecular weight is 389 g/mol. The molecule has 0 aliphatic carbocycles. The zero-order valence-corrected chi connectivity index (χ0v) is 16.4. The van der Waals surface area contributed by atoms with Crippen LogP contribution in [0.3, 0.4) is 0 Å². The van der Waals surface area contributed by atoms with Gasteiger partial charge < -0.3 is 9.30 Å². The molecule has 0 saturated carbocycles. The van der Waals surface area contributed by atoms with Crippen LogP contribution in [0.4, 0.5) is 0 Å². The van der Waals surface area contributed by atoms with E-state index in [1.165, 1.54) is 0 Å². The molecule has 0 bridgehead atoms. The third kappa shape index (κ3) is 4.09. The summed E-state index contributed by atoms with van der Waals surface area (Å²) in [6.45, 7) is 2.91. The van der Waals surface area contributed by atoms with Crippen LogP contribution < -0.4 is 0 Å². The van der Waals surface area contributed by atoms with Gasteiger partial charge in [0.1, 0.15) is 5.65 Å². The highest BCUT2D eigenvalue weighted by Crippen LogP contribution is 2.14. The number of imidazole rings is 1. The number of fused-ring (bicyclic) bond motifs is 1. The molecule has 148 valence electrons. The van der Waals surface area contributed by atoms with Crippen molar-refractivity contribution in [2.75, 3.05) is 39.8 Å². The Balaban J connectivity index is 1.35. The van der Waals surface area contributed by atoms with Crippen molar-refractivity contribution in [1.29, 1.82) is 0 Å². The maximum absolute atomic E-state index is 12.9. The number of nitrogens with zero attached hydrogens (tertiary/aromatic N) is 5. The molecule has 2 aromatic heterocycles. The minimum absolute atomic E-state index is 0.0130. The number of ketones is 1. The standard InChI is InChI=1S/C22H23N5O2/c1-23-15-17-4-6-18(7-5-17)20(28)16-25-11-13-27(14-12-25)22(29)19-3-2-9-26-10-8-24-21(19)26/h2-10,15H,11-14,16H2,1H3/b23-15+. The third-order valence-corrected chi connectivity index (χ3v) is 5.19. The predicted molar refractivity (Wildman–Crippen MR) is 112 cm³/mol. The molecule has 1 aliphatic rings. The van der Waals surface area contributed by atoms with Crippen LogP contribution in [0.5, 0.6) is 0 Å². The van der Waals surface area contributed by atoms with Gasteiger partial charge in [-0.05, 0) is 17.7 Å². The maximum Gasteiger partial charge on any atom is 0.257 e. The highest BCUT2D eigenvalue weighted by Gasteiger charge is 2.25. The molecule has 1 amide bonds. The monoisotopic (exact) mass is 389 g/mol. The van der Waals surface area contributed by atoms with Crippen LogP contribution in [0.2, 0.25) is 0 Å². The van der Waals surface area contributed by atoms with Gasteiger partial charge in [0.25, 0.3) is 5.91 Å². The lowest BCUT2D eigenvalue weighted by atomic mass is 10.1. The number of piperazine rings is 1. The molecule has 0 atom stereocenters. The zero-order valence-electron chi connectivity index (χ0n) is 16.4. The van der Waals surface area contributed by atoms with Crippen molar-refractivity contribution in [2.24, 2.45) is 4.99 Å². The van der Waals surface area contributed by atoms with Crippen LogP contribution in [0.15, 0.2) is 60.0 Å². The fraction of sp³-hybridized carbons (Fsp3) is 0.273. The van der Waals surface area contributed by atoms with E-state index in [2.05, 4.69) is 14.9 Å². The molecule has 0 radical (unpaired) electrons. The summed E-state index contributed by atoms with van der Waals surface area (Å²) in [5.74, 6) is 0.0767. The highest BCUT2D eigenvalue weighted by molar-refractivity contribution is 6.00. The van der Waals surface area contributed by atoms with E-state index in [0.717, 1.165) is 5.56 Å². The van der Waals surface area contributed by atoms with Gasteiger partial charge in [-0.2, -0.15) is 0 Å². The summed E-state index contributed by atoms with van der Waals surface area (Å²) in [4.78, 5) is 37.7. The summed E-state index contributed by atoms with van der Waals surface area (Å²) in [5, 5.41) is 0. The summed E-state index contributed by atoms with van der Waals surface area (Å²) in [7, 11) is 1.72. The van der Waals surface area contributed by atoms with E-state index in [1.807, 2.05) is 58.1 Å². The molecule has 0 spiro atoms. The number of pyridine rings is 1. The Morgan fingerprint density at radius 1 is 1.07 bits per heavy atom. The van der Waals surface area contributed by atoms with Crippen LogP contribution in [-0.4, -0.2) is 76.9 Å². The van der Waals surface area contributed by atoms with Crippen molar-refractivity contribution in [3.8, 4) is 0 Å². The van der Waals surface area contributed by atoms with E-state index in [9.17, 15) is 9.59 Å². The van der Waals surface area contributed by atoms with E-state index in [1.54, 1.807) is 19.5 Å². The molecule has 1 aromatic carbocycles. The fourth-order valence-electron chi connectivity index (χ4n) is 3.59. The summed E-state index contributed by atoms with van der Waals surface area (Å²) < 4.78 is 1.85. The number of aliphatic imine (C=N–C) groups is 1. The second-order valence-electron chi connectivity index (χ2n) is 7.08. The predicted octanol–water partition coefficient (Wildman–Crippen LogP) is 2.02. The second kappa shape index (κ2) is 8.36. The molecule has 3 aromatic rings. The van der Waals surface area contributed by atoms with Crippen molar-refractivity contribution in [2.45, 2.75) is 0 Å². The van der Waals surface area contributed by atoms with Gasteiger partial charge in [0.15, 0.2) is 5.78 Å². The first-order valence-corrected chi connectivity index (χ1v) is 9.64. The lowest BCUT2D eigenvalue weighted by Gasteiger charge is -2.34. The van der Waals surface area contributed by atoms with Gasteiger partial charge in [-0.3, -0.25) is 19.5 Å². The van der Waals surface area contributed by atoms with E-state index in [-0.39, 0.29) is 11.7 Å². The van der Waals surface area contributed by atoms with Gasteiger partial charge in [0, 0.05) is 63.6 Å². The van der Waals surface area contributed by atoms with E-state index < -0.39 is 0 Å². The number of hydrogen-bond acceptors (Lipinski definition) is 5. The minimum Gasteiger partial charge on any atom is -0.336 e. The second-order valence-corrected chi connectivity index (χ2v) is 7.08. The molecule has 0 N–H and O–H groups in total. The molecule has 7 heteroatoms. The van der Waals surface area contributed by atoms with Crippen molar-refractivity contribution >= 4 is 23.6 Å². The number of hydrogen-bond donors (Lipinski definition) is 0. The zero-order chi connectivity index (χ0) is 20.2. The maximum atomic E-state index is 12.9. The molecule has 7 nitrogen and oxygen atoms in total. The van der Waals surface area contributed by atoms with Gasteiger partial charge in [-0.25, -0.2) is 4.98 Å². The summed E-state index contributed by atoms with van der Waals surface area (Å²) in [6, 6.07) is 11.1. The van der Waals surface area contributed by atoms with Crippen LogP contribution in [0.25, 0.3) is 5.65 Å². The van der Waals surface area contributed by atoms with Crippen LogP contribution in [0.1, 0.15) is 26.3 Å². The quantitative estimate of drug-likeness (QED) is 0.495. The molecule has 1 saturated heterocycles. The van der Waals surface area contributed by atoms with Crippen molar-refractivity contribution in [3.63, 3.8) is 0 Å². The molecule has 3 heterocycles. The van der Waals surface area contributed by atoms with Crippen molar-refractivity contribution < 1.29 is 9.59 Å². The van der Waals surface area contributed by atoms with Crippen LogP contribution >= 0.6 is 0 Å². The lowest BCUT2D eigenvalue weighted by Crippen LogP contribution is -2.50. The van der Waals surface area contributed by atoms with E-state index >= 15 is 0 Å². The van der Waals surface area contributed by atoms with Gasteiger partial charge >= 0.3 is 0 Å². The Morgan fingerprint density at radius 2 is 1.83 bits per heavy atom. The number of Topliss-reactive ketones (excluding diaryl/α,β-unsaturated/α-hetero) is 1. The minimum atomic E-state index is -0.0130. The van der Waals surface area contributed by atoms with Gasteiger partial charge in [-0.1, -0.05) is 24.3 Å². The Bertz CT molecular complexity index is 1050. The Kier molecular flexibility index (Phi) is 5.48. The largest absolute Gasteiger partial charge is 0.336 e. The Morgan fingerprint density at radius 3 is 2.55 bits per heavy atom. The van der Waals surface area contributed by atoms with Crippen LogP contribution in [0, 0.1) is 0 Å². The van der Waals surface area contributed by atoms with Gasteiger partial charge in [0.2, 0.25) is 0 Å². The molecular formula is C22H23N5O2. The van der Waals surface area contributed by atoms with Gasteiger partial charge in [0.05, 0.1) is 12.1 Å². The normalized spacial score (nSPS) is 15.3. The Hall–Kier alpha value is -3.32. The van der Waals surface area contributed by atoms with Crippen molar-refractivity contribution in [1.82, 2.24) is 19.2 Å². The van der Waals surface area contributed by atoms with E-state index in [0.29, 0.717) is 49.5 Å². The number of benzene rings is 1. The molecule has 29 heavy (non-hydrogen) atoms.